The molecule has 11 heteroatoms. The molecule has 0 saturated carbocycles. The zero-order valence-electron chi connectivity index (χ0n) is 23.6. The highest BCUT2D eigenvalue weighted by Crippen LogP contribution is 2.33. The SMILES string of the molecule is CCCNC(=O)[C@@H](C)N(Cc1ccc(Cl)cc1Cl)C(=O)CN(c1ccccc1OCC)S(=O)(=O)c1ccc(C)cc1. The van der Waals surface area contributed by atoms with Crippen LogP contribution >= 0.6 is 23.2 Å². The minimum absolute atomic E-state index is 0.0169. The van der Waals surface area contributed by atoms with Gasteiger partial charge in [0.2, 0.25) is 11.8 Å². The van der Waals surface area contributed by atoms with Gasteiger partial charge in [0.25, 0.3) is 10.0 Å². The van der Waals surface area contributed by atoms with Crippen LogP contribution < -0.4 is 14.4 Å². The maximum Gasteiger partial charge on any atom is 0.264 e. The Bertz CT molecular complexity index is 1470. The fourth-order valence-electron chi connectivity index (χ4n) is 4.10. The molecule has 220 valence electrons. The van der Waals surface area contributed by atoms with E-state index in [1.54, 1.807) is 68.4 Å². The summed E-state index contributed by atoms with van der Waals surface area (Å²) in [7, 11) is -4.23. The monoisotopic (exact) mass is 619 g/mol. The van der Waals surface area contributed by atoms with Gasteiger partial charge in [0.15, 0.2) is 0 Å². The van der Waals surface area contributed by atoms with E-state index in [0.717, 1.165) is 9.87 Å². The Kier molecular flexibility index (Phi) is 11.5. The lowest BCUT2D eigenvalue weighted by molar-refractivity contribution is -0.139. The second kappa shape index (κ2) is 14.6. The predicted molar refractivity (Wildman–Crippen MR) is 163 cm³/mol. The molecule has 0 bridgehead atoms. The van der Waals surface area contributed by atoms with Crippen LogP contribution in [0.3, 0.4) is 0 Å². The molecular formula is C30H35Cl2N3O5S. The van der Waals surface area contributed by atoms with Crippen molar-refractivity contribution in [1.82, 2.24) is 10.2 Å². The van der Waals surface area contributed by atoms with Crippen molar-refractivity contribution in [1.29, 1.82) is 0 Å². The van der Waals surface area contributed by atoms with E-state index in [2.05, 4.69) is 5.32 Å². The molecule has 0 aliphatic heterocycles. The largest absolute Gasteiger partial charge is 0.492 e. The number of nitrogens with one attached hydrogen (secondary N) is 1. The van der Waals surface area contributed by atoms with Crippen LogP contribution in [0, 0.1) is 6.92 Å². The van der Waals surface area contributed by atoms with Gasteiger partial charge in [-0.05, 0) is 69.2 Å². The number of aryl methyl sites for hydroxylation is 1. The number of ether oxygens (including phenoxy) is 1. The smallest absolute Gasteiger partial charge is 0.264 e. The van der Waals surface area contributed by atoms with Gasteiger partial charge in [-0.2, -0.15) is 0 Å². The van der Waals surface area contributed by atoms with Gasteiger partial charge in [-0.15, -0.1) is 0 Å². The van der Waals surface area contributed by atoms with Crippen LogP contribution in [0.4, 0.5) is 5.69 Å². The summed E-state index contributed by atoms with van der Waals surface area (Å²) in [6, 6.07) is 16.9. The first-order valence-electron chi connectivity index (χ1n) is 13.3. The van der Waals surface area contributed by atoms with Crippen LogP contribution in [0.25, 0.3) is 0 Å². The van der Waals surface area contributed by atoms with Crippen LogP contribution in [0.2, 0.25) is 10.0 Å². The Labute approximate surface area is 252 Å². The Morgan fingerprint density at radius 2 is 1.68 bits per heavy atom. The second-order valence-electron chi connectivity index (χ2n) is 9.45. The maximum absolute atomic E-state index is 14.1. The molecule has 1 N–H and O–H groups in total. The number of sulfonamides is 1. The Hall–Kier alpha value is -3.27. The molecule has 0 radical (unpaired) electrons. The van der Waals surface area contributed by atoms with E-state index in [-0.39, 0.29) is 23.0 Å². The number of amides is 2. The van der Waals surface area contributed by atoms with Gasteiger partial charge in [0, 0.05) is 23.1 Å². The molecule has 0 aromatic heterocycles. The average Bonchev–Trinajstić information content (AvgIpc) is 2.94. The lowest BCUT2D eigenvalue weighted by Gasteiger charge is -2.32. The normalized spacial score (nSPS) is 12.0. The average molecular weight is 621 g/mol. The summed E-state index contributed by atoms with van der Waals surface area (Å²) >= 11 is 12.5. The Balaban J connectivity index is 2.09. The van der Waals surface area contributed by atoms with Crippen LogP contribution in [-0.2, 0) is 26.2 Å². The number of benzene rings is 3. The number of halogens is 2. The molecule has 3 rings (SSSR count). The molecule has 0 aliphatic rings. The number of anilines is 1. The van der Waals surface area contributed by atoms with Crippen LogP contribution in [0.15, 0.2) is 71.6 Å². The number of para-hydroxylation sites is 2. The lowest BCUT2D eigenvalue weighted by Crippen LogP contribution is -2.51. The molecule has 1 atom stereocenters. The van der Waals surface area contributed by atoms with E-state index in [9.17, 15) is 18.0 Å². The highest BCUT2D eigenvalue weighted by molar-refractivity contribution is 7.92. The van der Waals surface area contributed by atoms with Crippen LogP contribution in [-0.4, -0.2) is 50.9 Å². The quantitative estimate of drug-likeness (QED) is 0.259. The fourth-order valence-corrected chi connectivity index (χ4v) is 6.00. The summed E-state index contributed by atoms with van der Waals surface area (Å²) in [5, 5.41) is 3.56. The summed E-state index contributed by atoms with van der Waals surface area (Å²) in [6.07, 6.45) is 0.714. The van der Waals surface area contributed by atoms with Crippen molar-refractivity contribution in [3.8, 4) is 5.75 Å². The molecule has 2 amide bonds. The third kappa shape index (κ3) is 8.15. The van der Waals surface area contributed by atoms with E-state index in [1.807, 2.05) is 13.8 Å². The first kappa shape index (κ1) is 32.2. The van der Waals surface area contributed by atoms with E-state index < -0.39 is 28.5 Å². The summed E-state index contributed by atoms with van der Waals surface area (Å²) in [4.78, 5) is 28.4. The molecule has 8 nitrogen and oxygen atoms in total. The van der Waals surface area contributed by atoms with Gasteiger partial charge < -0.3 is 15.0 Å². The molecular weight excluding hydrogens is 585 g/mol. The lowest BCUT2D eigenvalue weighted by atomic mass is 10.1. The van der Waals surface area contributed by atoms with E-state index in [0.29, 0.717) is 40.9 Å². The molecule has 41 heavy (non-hydrogen) atoms. The van der Waals surface area contributed by atoms with Crippen molar-refractivity contribution in [2.24, 2.45) is 0 Å². The van der Waals surface area contributed by atoms with Gasteiger partial charge in [-0.25, -0.2) is 8.42 Å². The van der Waals surface area contributed by atoms with Crippen molar-refractivity contribution in [2.45, 2.75) is 51.6 Å². The molecule has 0 heterocycles. The third-order valence-electron chi connectivity index (χ3n) is 6.39. The molecule has 0 saturated heterocycles. The van der Waals surface area contributed by atoms with Gasteiger partial charge in [0.1, 0.15) is 18.3 Å². The number of hydrogen-bond donors (Lipinski definition) is 1. The molecule has 0 fully saturated rings. The number of carbonyl (C=O) groups is 2. The number of hydrogen-bond acceptors (Lipinski definition) is 5. The summed E-state index contributed by atoms with van der Waals surface area (Å²) in [6.45, 7) is 7.26. The third-order valence-corrected chi connectivity index (χ3v) is 8.75. The standard InChI is InChI=1S/C30H35Cl2N3O5S/c1-5-17-33-30(37)22(4)34(19-23-13-14-24(31)18-26(23)32)29(36)20-35(27-9-7-8-10-28(27)40-6-2)41(38,39)25-15-11-21(3)12-16-25/h7-16,18,22H,5-6,17,19-20H2,1-4H3,(H,33,37)/t22-/m1/s1. The van der Waals surface area contributed by atoms with Crippen molar-refractivity contribution in [3.05, 3.63) is 87.9 Å². The van der Waals surface area contributed by atoms with E-state index in [4.69, 9.17) is 27.9 Å². The van der Waals surface area contributed by atoms with Crippen molar-refractivity contribution in [2.75, 3.05) is 24.0 Å². The summed E-state index contributed by atoms with van der Waals surface area (Å²) in [5.41, 5.74) is 1.65. The summed E-state index contributed by atoms with van der Waals surface area (Å²) in [5.74, 6) is -0.662. The van der Waals surface area contributed by atoms with Gasteiger partial charge >= 0.3 is 0 Å². The Morgan fingerprint density at radius 1 is 1.00 bits per heavy atom. The highest BCUT2D eigenvalue weighted by Gasteiger charge is 2.34. The van der Waals surface area contributed by atoms with Crippen LogP contribution in [0.1, 0.15) is 38.3 Å². The van der Waals surface area contributed by atoms with Gasteiger partial charge in [0.05, 0.1) is 17.2 Å². The first-order chi connectivity index (χ1) is 19.5. The molecule has 0 aliphatic carbocycles. The van der Waals surface area contributed by atoms with E-state index in [1.165, 1.54) is 17.0 Å². The number of carbonyl (C=O) groups excluding carboxylic acids is 2. The number of rotatable bonds is 13. The van der Waals surface area contributed by atoms with E-state index >= 15 is 0 Å². The molecule has 3 aromatic carbocycles. The topological polar surface area (TPSA) is 96.0 Å². The number of nitrogens with zero attached hydrogens (tertiary/aromatic N) is 2. The van der Waals surface area contributed by atoms with Gasteiger partial charge in [-0.3, -0.25) is 13.9 Å². The zero-order chi connectivity index (χ0) is 30.2. The fraction of sp³-hybridized carbons (Fsp3) is 0.333. The van der Waals surface area contributed by atoms with Crippen LogP contribution in [0.5, 0.6) is 5.75 Å². The minimum atomic E-state index is -4.23. The zero-order valence-corrected chi connectivity index (χ0v) is 25.9. The molecule has 3 aromatic rings. The molecule has 0 spiro atoms. The Morgan fingerprint density at radius 3 is 2.32 bits per heavy atom. The highest BCUT2D eigenvalue weighted by atomic mass is 35.5. The summed E-state index contributed by atoms with van der Waals surface area (Å²) < 4.78 is 34.8. The van der Waals surface area contributed by atoms with Crippen molar-refractivity contribution < 1.29 is 22.7 Å². The predicted octanol–water partition coefficient (Wildman–Crippen LogP) is 5.84. The first-order valence-corrected chi connectivity index (χ1v) is 15.5. The van der Waals surface area contributed by atoms with Gasteiger partial charge in [-0.1, -0.05) is 66.0 Å². The maximum atomic E-state index is 14.1. The minimum Gasteiger partial charge on any atom is -0.492 e. The molecule has 0 unspecified atom stereocenters. The second-order valence-corrected chi connectivity index (χ2v) is 12.2. The van der Waals surface area contributed by atoms with Crippen molar-refractivity contribution in [3.63, 3.8) is 0 Å². The van der Waals surface area contributed by atoms with Crippen molar-refractivity contribution >= 4 is 50.7 Å².